The summed E-state index contributed by atoms with van der Waals surface area (Å²) in [5.41, 5.74) is 2.31. The van der Waals surface area contributed by atoms with Gasteiger partial charge >= 0.3 is 0 Å². The number of aromatic nitrogens is 2. The number of nitrogens with one attached hydrogen (secondary N) is 2. The van der Waals surface area contributed by atoms with Gasteiger partial charge in [0.25, 0.3) is 5.91 Å². The molecule has 0 fully saturated rings. The Morgan fingerprint density at radius 3 is 3.21 bits per heavy atom. The zero-order valence-corrected chi connectivity index (χ0v) is 14.2. The van der Waals surface area contributed by atoms with Crippen molar-refractivity contribution in [2.24, 2.45) is 0 Å². The normalized spacial score (nSPS) is 19.2. The SMILES string of the molecule is Cc1cn2c(n1)CCC(NC(=O)c1ccc3c(c1)NC(=O)CS3)C2. The van der Waals surface area contributed by atoms with E-state index in [4.69, 9.17) is 0 Å². The smallest absolute Gasteiger partial charge is 0.251 e. The van der Waals surface area contributed by atoms with Crippen LogP contribution in [0, 0.1) is 6.92 Å². The molecule has 6 nitrogen and oxygen atoms in total. The first-order valence-corrected chi connectivity index (χ1v) is 8.97. The maximum atomic E-state index is 12.5. The van der Waals surface area contributed by atoms with Crippen molar-refractivity contribution >= 4 is 29.3 Å². The maximum Gasteiger partial charge on any atom is 0.251 e. The zero-order valence-electron chi connectivity index (χ0n) is 13.3. The van der Waals surface area contributed by atoms with Crippen LogP contribution in [0.4, 0.5) is 5.69 Å². The van der Waals surface area contributed by atoms with Crippen LogP contribution in [-0.2, 0) is 17.8 Å². The molecule has 2 aromatic rings. The van der Waals surface area contributed by atoms with Crippen LogP contribution >= 0.6 is 11.8 Å². The summed E-state index contributed by atoms with van der Waals surface area (Å²) in [6.45, 7) is 2.73. The molecule has 0 spiro atoms. The lowest BCUT2D eigenvalue weighted by atomic mass is 10.1. The minimum Gasteiger partial charge on any atom is -0.347 e. The molecule has 0 radical (unpaired) electrons. The number of aryl methyl sites for hydroxylation is 2. The average Bonchev–Trinajstić information content (AvgIpc) is 2.93. The monoisotopic (exact) mass is 342 g/mol. The average molecular weight is 342 g/mol. The second kappa shape index (κ2) is 5.98. The van der Waals surface area contributed by atoms with Crippen molar-refractivity contribution in [3.63, 3.8) is 0 Å². The number of carbonyl (C=O) groups excluding carboxylic acids is 2. The van der Waals surface area contributed by atoms with E-state index in [1.54, 1.807) is 6.07 Å². The highest BCUT2D eigenvalue weighted by Gasteiger charge is 2.23. The van der Waals surface area contributed by atoms with Crippen LogP contribution in [0.1, 0.15) is 28.3 Å². The predicted octanol–water partition coefficient (Wildman–Crippen LogP) is 1.98. The van der Waals surface area contributed by atoms with E-state index in [0.717, 1.165) is 41.5 Å². The van der Waals surface area contributed by atoms with Gasteiger partial charge in [-0.2, -0.15) is 0 Å². The molecule has 2 aliphatic heterocycles. The molecular weight excluding hydrogens is 324 g/mol. The fourth-order valence-corrected chi connectivity index (χ4v) is 3.99. The fourth-order valence-electron chi connectivity index (χ4n) is 3.20. The molecule has 4 rings (SSSR count). The Morgan fingerprint density at radius 1 is 1.46 bits per heavy atom. The lowest BCUT2D eigenvalue weighted by molar-refractivity contribution is -0.113. The fraction of sp³-hybridized carbons (Fsp3) is 0.353. The number of hydrogen-bond donors (Lipinski definition) is 2. The highest BCUT2D eigenvalue weighted by molar-refractivity contribution is 8.00. The van der Waals surface area contributed by atoms with Gasteiger partial charge in [0.2, 0.25) is 5.91 Å². The van der Waals surface area contributed by atoms with E-state index in [9.17, 15) is 9.59 Å². The van der Waals surface area contributed by atoms with E-state index >= 15 is 0 Å². The van der Waals surface area contributed by atoms with Gasteiger partial charge in [0.15, 0.2) is 0 Å². The molecule has 0 saturated carbocycles. The van der Waals surface area contributed by atoms with E-state index in [1.165, 1.54) is 11.8 Å². The summed E-state index contributed by atoms with van der Waals surface area (Å²) < 4.78 is 2.12. The summed E-state index contributed by atoms with van der Waals surface area (Å²) >= 11 is 1.49. The second-order valence-electron chi connectivity index (χ2n) is 6.21. The number of thioether (sulfide) groups is 1. The van der Waals surface area contributed by atoms with Gasteiger partial charge < -0.3 is 15.2 Å². The summed E-state index contributed by atoms with van der Waals surface area (Å²) in [4.78, 5) is 29.5. The minimum absolute atomic E-state index is 0.0275. The third kappa shape index (κ3) is 2.91. The molecule has 2 amide bonds. The van der Waals surface area contributed by atoms with Gasteiger partial charge in [-0.05, 0) is 31.5 Å². The van der Waals surface area contributed by atoms with E-state index in [1.807, 2.05) is 25.3 Å². The Morgan fingerprint density at radius 2 is 2.33 bits per heavy atom. The van der Waals surface area contributed by atoms with Crippen molar-refractivity contribution in [1.82, 2.24) is 14.9 Å². The number of rotatable bonds is 2. The lowest BCUT2D eigenvalue weighted by Crippen LogP contribution is -2.40. The molecule has 1 unspecified atom stereocenters. The van der Waals surface area contributed by atoms with Crippen molar-refractivity contribution < 1.29 is 9.59 Å². The summed E-state index contributed by atoms with van der Waals surface area (Å²) in [7, 11) is 0. The van der Waals surface area contributed by atoms with Crippen molar-refractivity contribution in [3.8, 4) is 0 Å². The van der Waals surface area contributed by atoms with E-state index in [0.29, 0.717) is 11.3 Å². The topological polar surface area (TPSA) is 76.0 Å². The van der Waals surface area contributed by atoms with Gasteiger partial charge in [-0.15, -0.1) is 11.8 Å². The number of hydrogen-bond acceptors (Lipinski definition) is 4. The Labute approximate surface area is 144 Å². The highest BCUT2D eigenvalue weighted by atomic mass is 32.2. The van der Waals surface area contributed by atoms with Crippen LogP contribution in [0.3, 0.4) is 0 Å². The number of imidazole rings is 1. The summed E-state index contributed by atoms with van der Waals surface area (Å²) in [5, 5.41) is 5.92. The first kappa shape index (κ1) is 15.3. The molecule has 1 aromatic heterocycles. The molecule has 124 valence electrons. The largest absolute Gasteiger partial charge is 0.347 e. The molecule has 0 bridgehead atoms. The molecule has 2 aliphatic rings. The quantitative estimate of drug-likeness (QED) is 0.875. The molecule has 0 saturated heterocycles. The van der Waals surface area contributed by atoms with Crippen molar-refractivity contribution in [2.75, 3.05) is 11.1 Å². The third-order valence-electron chi connectivity index (χ3n) is 4.32. The number of benzene rings is 1. The van der Waals surface area contributed by atoms with Crippen molar-refractivity contribution in [2.45, 2.75) is 37.2 Å². The number of carbonyl (C=O) groups is 2. The minimum atomic E-state index is -0.104. The Kier molecular flexibility index (Phi) is 3.80. The molecule has 24 heavy (non-hydrogen) atoms. The number of anilines is 1. The first-order valence-electron chi connectivity index (χ1n) is 7.99. The highest BCUT2D eigenvalue weighted by Crippen LogP contribution is 2.32. The second-order valence-corrected chi connectivity index (χ2v) is 7.22. The predicted molar refractivity (Wildman–Crippen MR) is 92.3 cm³/mol. The van der Waals surface area contributed by atoms with Crippen molar-refractivity contribution in [3.05, 3.63) is 41.5 Å². The van der Waals surface area contributed by atoms with Gasteiger partial charge in [0.05, 0.1) is 17.1 Å². The van der Waals surface area contributed by atoms with Crippen LogP contribution in [0.25, 0.3) is 0 Å². The van der Waals surface area contributed by atoms with E-state index in [-0.39, 0.29) is 17.9 Å². The number of nitrogens with zero attached hydrogens (tertiary/aromatic N) is 2. The van der Waals surface area contributed by atoms with Gasteiger partial charge in [-0.3, -0.25) is 9.59 Å². The number of amides is 2. The van der Waals surface area contributed by atoms with Gasteiger partial charge in [-0.25, -0.2) is 4.98 Å². The Bertz CT molecular complexity index is 830. The van der Waals surface area contributed by atoms with Gasteiger partial charge in [0.1, 0.15) is 5.82 Å². The zero-order chi connectivity index (χ0) is 16.7. The molecule has 0 aliphatic carbocycles. The van der Waals surface area contributed by atoms with E-state index in [2.05, 4.69) is 20.2 Å². The lowest BCUT2D eigenvalue weighted by Gasteiger charge is -2.25. The van der Waals surface area contributed by atoms with Gasteiger partial charge in [-0.1, -0.05) is 0 Å². The summed E-state index contributed by atoms with van der Waals surface area (Å²) in [6.07, 6.45) is 3.79. The number of fused-ring (bicyclic) bond motifs is 2. The third-order valence-corrected chi connectivity index (χ3v) is 5.40. The van der Waals surface area contributed by atoms with Crippen molar-refractivity contribution in [1.29, 1.82) is 0 Å². The van der Waals surface area contributed by atoms with Crippen LogP contribution in [0.5, 0.6) is 0 Å². The Hall–Kier alpha value is -2.28. The summed E-state index contributed by atoms with van der Waals surface area (Å²) in [6, 6.07) is 5.56. The standard InChI is InChI=1S/C17H18N4O2S/c1-10-7-21-8-12(3-5-15(21)18-10)19-17(23)11-2-4-14-13(6-11)20-16(22)9-24-14/h2,4,6-7,12H,3,5,8-9H2,1H3,(H,19,23)(H,20,22). The molecule has 1 aromatic carbocycles. The van der Waals surface area contributed by atoms with Gasteiger partial charge in [0, 0.05) is 35.7 Å². The summed E-state index contributed by atoms with van der Waals surface area (Å²) in [5.74, 6) is 1.38. The van der Waals surface area contributed by atoms with Crippen LogP contribution < -0.4 is 10.6 Å². The maximum absolute atomic E-state index is 12.5. The van der Waals surface area contributed by atoms with Crippen LogP contribution in [-0.4, -0.2) is 33.2 Å². The molecule has 3 heterocycles. The molecule has 1 atom stereocenters. The Balaban J connectivity index is 1.47. The van der Waals surface area contributed by atoms with Crippen LogP contribution in [0.15, 0.2) is 29.3 Å². The van der Waals surface area contributed by atoms with E-state index < -0.39 is 0 Å². The first-order chi connectivity index (χ1) is 11.6. The molecule has 2 N–H and O–H groups in total. The van der Waals surface area contributed by atoms with Crippen LogP contribution in [0.2, 0.25) is 0 Å². The molecule has 7 heteroatoms. The molecular formula is C17H18N4O2S.